The molecule has 0 heterocycles. The Morgan fingerprint density at radius 2 is 1.27 bits per heavy atom. The van der Waals surface area contributed by atoms with Crippen molar-refractivity contribution in [3.63, 3.8) is 0 Å². The molecule has 0 rings (SSSR count). The van der Waals surface area contributed by atoms with Crippen LogP contribution in [0.15, 0.2) is 25.3 Å². The van der Waals surface area contributed by atoms with Crippen molar-refractivity contribution >= 4 is 9.57 Å². The Labute approximate surface area is 72.9 Å². The van der Waals surface area contributed by atoms with E-state index in [1.54, 1.807) is 0 Å². The first-order chi connectivity index (χ1) is 5.24. The molecule has 0 saturated carbocycles. The van der Waals surface area contributed by atoms with Crippen LogP contribution >= 0.6 is 0 Å². The minimum absolute atomic E-state index is 0.222. The first-order valence-corrected chi connectivity index (χ1v) is 3.50. The molecule has 3 heteroatoms. The van der Waals surface area contributed by atoms with Crippen molar-refractivity contribution < 1.29 is 23.7 Å². The van der Waals surface area contributed by atoms with Crippen molar-refractivity contribution in [1.29, 1.82) is 0 Å². The van der Waals surface area contributed by atoms with Gasteiger partial charge in [0.15, 0.2) is 0 Å². The van der Waals surface area contributed by atoms with Gasteiger partial charge in [-0.3, -0.25) is 0 Å². The summed E-state index contributed by atoms with van der Waals surface area (Å²) in [6.07, 6.45) is 3.00. The van der Waals surface area contributed by atoms with Gasteiger partial charge < -0.3 is 0 Å². The molecule has 0 aromatic rings. The Balaban J connectivity index is -0.0000000933. The summed E-state index contributed by atoms with van der Waals surface area (Å²) in [6, 6.07) is 0. The van der Waals surface area contributed by atoms with Gasteiger partial charge in [0.05, 0.1) is 0 Å². The monoisotopic (exact) mass is 194 g/mol. The Bertz CT molecular complexity index is 162. The SMILES string of the molecule is C=C[CH2-].C=C[CH2-].O=[C]=[Fe]=[C]=O. The first-order valence-electron chi connectivity index (χ1n) is 2.39. The molecule has 0 atom stereocenters. The Kier molecular flexibility index (Phi) is 54.7. The van der Waals surface area contributed by atoms with Crippen LogP contribution in [0.3, 0.4) is 0 Å². The molecule has 0 unspecified atom stereocenters. The average molecular weight is 194 g/mol. The van der Waals surface area contributed by atoms with E-state index in [0.717, 1.165) is 0 Å². The zero-order valence-electron chi connectivity index (χ0n) is 6.15. The molecule has 11 heavy (non-hydrogen) atoms. The van der Waals surface area contributed by atoms with Crippen molar-refractivity contribution in [2.75, 3.05) is 0 Å². The van der Waals surface area contributed by atoms with Crippen LogP contribution in [0.5, 0.6) is 0 Å². The third-order valence-electron chi connectivity index (χ3n) is 0.0722. The van der Waals surface area contributed by atoms with Crippen LogP contribution in [0.2, 0.25) is 0 Å². The second-order valence-electron chi connectivity index (χ2n) is 0.810. The summed E-state index contributed by atoms with van der Waals surface area (Å²) in [5.41, 5.74) is 0. The molecule has 0 spiro atoms. The molecule has 0 N–H and O–H groups in total. The Hall–Kier alpha value is -1.10. The maximum atomic E-state index is 9.02. The van der Waals surface area contributed by atoms with Crippen LogP contribution in [0, 0.1) is 13.8 Å². The molecule has 0 aromatic heterocycles. The van der Waals surface area contributed by atoms with Crippen LogP contribution in [0.25, 0.3) is 0 Å². The van der Waals surface area contributed by atoms with E-state index in [-0.39, 0.29) is 14.1 Å². The molecule has 0 bridgehead atoms. The van der Waals surface area contributed by atoms with E-state index < -0.39 is 0 Å². The van der Waals surface area contributed by atoms with E-state index in [9.17, 15) is 0 Å². The van der Waals surface area contributed by atoms with Gasteiger partial charge in [-0.15, -0.1) is 0 Å². The third-order valence-corrected chi connectivity index (χ3v) is 0.298. The van der Waals surface area contributed by atoms with E-state index in [4.69, 9.17) is 9.59 Å². The molecule has 0 aliphatic rings. The van der Waals surface area contributed by atoms with Gasteiger partial charge in [0.2, 0.25) is 0 Å². The fourth-order valence-corrected chi connectivity index (χ4v) is 0.0607. The van der Waals surface area contributed by atoms with Gasteiger partial charge in [0.1, 0.15) is 0 Å². The summed E-state index contributed by atoms with van der Waals surface area (Å²) in [6.45, 7) is 13.0. The predicted octanol–water partition coefficient (Wildman–Crippen LogP) is 1.22. The summed E-state index contributed by atoms with van der Waals surface area (Å²) in [4.78, 5) is 20.7. The number of rotatable bonds is 0. The minimum atomic E-state index is -0.222. The zero-order chi connectivity index (χ0) is 9.54. The molecule has 64 valence electrons. The van der Waals surface area contributed by atoms with Crippen molar-refractivity contribution in [3.05, 3.63) is 39.2 Å². The predicted molar refractivity (Wildman–Crippen MR) is 42.5 cm³/mol. The molecule has 0 amide bonds. The van der Waals surface area contributed by atoms with Crippen LogP contribution in [-0.2, 0) is 23.7 Å². The van der Waals surface area contributed by atoms with Gasteiger partial charge in [-0.05, 0) is 0 Å². The van der Waals surface area contributed by atoms with Gasteiger partial charge in [-0.25, -0.2) is 39.2 Å². The molecule has 0 fully saturated rings. The standard InChI is InChI=1S/2C3H5.2CO.Fe/c2*1-3-2;2*1-2;/h2*3H,1-2H2;;;/q2*-1;;;. The maximum absolute atomic E-state index is 9.02. The molecular formula is C8H10FeO2-2. The van der Waals surface area contributed by atoms with Gasteiger partial charge in [0, 0.05) is 0 Å². The molecule has 0 aromatic carbocycles. The molecule has 0 saturated heterocycles. The van der Waals surface area contributed by atoms with Crippen molar-refractivity contribution in [3.8, 4) is 0 Å². The Morgan fingerprint density at radius 3 is 1.27 bits per heavy atom. The zero-order valence-corrected chi connectivity index (χ0v) is 7.26. The second-order valence-corrected chi connectivity index (χ2v) is 1.54. The number of carbonyl (C=O) groups excluding carboxylic acids is 2. The van der Waals surface area contributed by atoms with Crippen LogP contribution in [0.4, 0.5) is 0 Å². The van der Waals surface area contributed by atoms with Gasteiger partial charge in [0.25, 0.3) is 0 Å². The van der Waals surface area contributed by atoms with Crippen LogP contribution in [-0.4, -0.2) is 9.57 Å². The Morgan fingerprint density at radius 1 is 1.09 bits per heavy atom. The van der Waals surface area contributed by atoms with E-state index in [0.29, 0.717) is 0 Å². The third kappa shape index (κ3) is 524. The number of hydrogen-bond acceptors (Lipinski definition) is 2. The second kappa shape index (κ2) is 36.5. The molecular weight excluding hydrogens is 184 g/mol. The van der Waals surface area contributed by atoms with Gasteiger partial charge >= 0.3 is 33.2 Å². The number of allylic oxidation sites excluding steroid dienone is 2. The summed E-state index contributed by atoms with van der Waals surface area (Å²) >= 11 is -0.222. The first kappa shape index (κ1) is 16.5. The normalized spacial score (nSPS) is 4.36. The summed E-state index contributed by atoms with van der Waals surface area (Å²) in [7, 11) is 0. The fourth-order valence-electron chi connectivity index (χ4n) is 0.0147. The van der Waals surface area contributed by atoms with Crippen LogP contribution < -0.4 is 0 Å². The average Bonchev–Trinajstić information content (AvgIpc) is 1.92. The summed E-state index contributed by atoms with van der Waals surface area (Å²) in [5, 5.41) is 0. The quantitative estimate of drug-likeness (QED) is 0.429. The molecule has 0 aliphatic heterocycles. The molecule has 0 radical (unpaired) electrons. The van der Waals surface area contributed by atoms with E-state index in [2.05, 4.69) is 27.0 Å². The van der Waals surface area contributed by atoms with Crippen molar-refractivity contribution in [2.45, 2.75) is 0 Å². The van der Waals surface area contributed by atoms with E-state index >= 15 is 0 Å². The van der Waals surface area contributed by atoms with Crippen LogP contribution in [0.1, 0.15) is 0 Å². The van der Waals surface area contributed by atoms with E-state index in [1.165, 1.54) is 21.7 Å². The summed E-state index contributed by atoms with van der Waals surface area (Å²) < 4.78 is 0. The van der Waals surface area contributed by atoms with Crippen molar-refractivity contribution in [1.82, 2.24) is 0 Å². The number of hydrogen-bond donors (Lipinski definition) is 0. The van der Waals surface area contributed by atoms with E-state index in [1.807, 2.05) is 0 Å². The fraction of sp³-hybridized carbons (Fsp3) is 0. The van der Waals surface area contributed by atoms with Gasteiger partial charge in [-0.2, -0.15) is 0 Å². The molecule has 2 nitrogen and oxygen atoms in total. The molecule has 0 aliphatic carbocycles. The summed E-state index contributed by atoms with van der Waals surface area (Å²) in [5.74, 6) is 0. The van der Waals surface area contributed by atoms with Crippen molar-refractivity contribution in [2.24, 2.45) is 0 Å². The van der Waals surface area contributed by atoms with Gasteiger partial charge in [-0.1, -0.05) is 0 Å². The topological polar surface area (TPSA) is 34.1 Å².